The molecular weight excluding hydrogens is 558 g/mol. The molecule has 0 saturated heterocycles. The van der Waals surface area contributed by atoms with Crippen molar-refractivity contribution in [2.45, 2.75) is 6.17 Å². The summed E-state index contributed by atoms with van der Waals surface area (Å²) in [6.45, 7) is 0. The molecule has 4 heterocycles. The van der Waals surface area contributed by atoms with Crippen LogP contribution in [0.25, 0.3) is 21.5 Å². The first-order valence-corrected chi connectivity index (χ1v) is 13.2. The molecule has 1 N–H and O–H groups in total. The minimum atomic E-state index is -0.330. The van der Waals surface area contributed by atoms with Gasteiger partial charge in [0.15, 0.2) is 11.7 Å². The maximum atomic E-state index is 5.10. The van der Waals surface area contributed by atoms with E-state index in [2.05, 4.69) is 35.6 Å². The van der Waals surface area contributed by atoms with Crippen LogP contribution in [0.3, 0.4) is 0 Å². The molecule has 3 aliphatic rings. The summed E-state index contributed by atoms with van der Waals surface area (Å²) in [6, 6.07) is 34.7. The minimum absolute atomic E-state index is 0. The van der Waals surface area contributed by atoms with E-state index in [0.29, 0.717) is 23.3 Å². The quantitative estimate of drug-likeness (QED) is 0.196. The Bertz CT molecular complexity index is 2270. The van der Waals surface area contributed by atoms with Gasteiger partial charge in [-0.1, -0.05) is 84.9 Å². The molecule has 197 valence electrons. The van der Waals surface area contributed by atoms with Crippen molar-refractivity contribution in [2.75, 3.05) is 5.32 Å². The number of aromatic nitrogens is 1. The summed E-state index contributed by atoms with van der Waals surface area (Å²) >= 11 is 0. The SMILES string of the molecule is [Cu+2].c1ccc2c(c1)C1=NC2=Nc2[n-]c(c3ccccc23)NC2N=C(N=c3[cH-]c(c4ccccc34)=N1)c1ccccc12. The predicted molar refractivity (Wildman–Crippen MR) is 158 cm³/mol. The minimum Gasteiger partial charge on any atom is -0.416 e. The van der Waals surface area contributed by atoms with Crippen molar-refractivity contribution in [3.63, 3.8) is 0 Å². The molecule has 6 aromatic rings. The van der Waals surface area contributed by atoms with Crippen LogP contribution < -0.4 is 21.0 Å². The van der Waals surface area contributed by atoms with E-state index >= 15 is 0 Å². The van der Waals surface area contributed by atoms with Gasteiger partial charge in [0.1, 0.15) is 6.17 Å². The number of rotatable bonds is 0. The number of fused-ring (bicyclic) bond motifs is 18. The molecule has 0 aliphatic carbocycles. The van der Waals surface area contributed by atoms with Crippen LogP contribution in [0.4, 0.5) is 11.6 Å². The molecular formula is C33H19CuN7. The smallest absolute Gasteiger partial charge is 0.416 e. The van der Waals surface area contributed by atoms with Crippen molar-refractivity contribution in [3.05, 3.63) is 136 Å². The molecule has 1 atom stereocenters. The first kappa shape index (κ1) is 23.8. The fraction of sp³-hybridized carbons (Fsp3) is 0.0303. The van der Waals surface area contributed by atoms with Crippen LogP contribution >= 0.6 is 0 Å². The average Bonchev–Trinajstić information content (AvgIpc) is 3.73. The second kappa shape index (κ2) is 8.99. The maximum Gasteiger partial charge on any atom is 2.00 e. The van der Waals surface area contributed by atoms with E-state index in [4.69, 9.17) is 29.9 Å². The molecule has 0 fully saturated rings. The van der Waals surface area contributed by atoms with E-state index in [0.717, 1.165) is 60.3 Å². The largest absolute Gasteiger partial charge is 2.00 e. The first-order valence-electron chi connectivity index (χ1n) is 13.2. The van der Waals surface area contributed by atoms with Crippen molar-refractivity contribution < 1.29 is 17.1 Å². The molecule has 0 spiro atoms. The molecule has 1 radical (unpaired) electrons. The normalized spacial score (nSPS) is 16.4. The molecule has 41 heavy (non-hydrogen) atoms. The molecule has 7 nitrogen and oxygen atoms in total. The van der Waals surface area contributed by atoms with Gasteiger partial charge in [-0.15, -0.1) is 29.0 Å². The fourth-order valence-corrected chi connectivity index (χ4v) is 5.83. The van der Waals surface area contributed by atoms with Crippen molar-refractivity contribution >= 4 is 50.7 Å². The van der Waals surface area contributed by atoms with Crippen LogP contribution in [-0.2, 0) is 17.1 Å². The van der Waals surface area contributed by atoms with Gasteiger partial charge in [0.25, 0.3) is 0 Å². The number of hydrogen-bond acceptors (Lipinski definition) is 6. The standard InChI is InChI=1S/C33H19N7.Cu/c1-2-10-19-18(9-1)26-17-27(19)35-29-21-12-4-6-14-23(21)31(37-29)39-33-25-16-8-7-15-24(25)32(40-33)38-30-22-13-5-3-11-20(22)28(34-26)36-30;/h1-17,30,38H;/q-2;+2. The van der Waals surface area contributed by atoms with Crippen molar-refractivity contribution in [1.29, 1.82) is 0 Å². The van der Waals surface area contributed by atoms with Crippen LogP contribution in [-0.4, -0.2) is 17.5 Å². The molecule has 5 aromatic carbocycles. The second-order valence-electron chi connectivity index (χ2n) is 10.0. The van der Waals surface area contributed by atoms with Gasteiger partial charge in [-0.25, -0.2) is 4.99 Å². The Labute approximate surface area is 244 Å². The van der Waals surface area contributed by atoms with Gasteiger partial charge >= 0.3 is 17.1 Å². The summed E-state index contributed by atoms with van der Waals surface area (Å²) in [6.07, 6.45) is -0.330. The number of nitrogens with one attached hydrogen (secondary N) is 1. The number of benzene rings is 4. The number of hydrogen-bond donors (Lipinski definition) is 1. The third-order valence-electron chi connectivity index (χ3n) is 7.70. The summed E-state index contributed by atoms with van der Waals surface area (Å²) in [5, 5.41) is 9.21. The van der Waals surface area contributed by atoms with E-state index in [1.54, 1.807) is 0 Å². The van der Waals surface area contributed by atoms with E-state index in [1.807, 2.05) is 72.8 Å². The predicted octanol–water partition coefficient (Wildman–Crippen LogP) is 5.33. The number of anilines is 1. The van der Waals surface area contributed by atoms with E-state index in [1.165, 1.54) is 0 Å². The van der Waals surface area contributed by atoms with E-state index in [9.17, 15) is 0 Å². The summed E-state index contributed by atoms with van der Waals surface area (Å²) in [5.74, 6) is 3.25. The van der Waals surface area contributed by atoms with Gasteiger partial charge in [0.05, 0.1) is 5.84 Å². The van der Waals surface area contributed by atoms with Crippen molar-refractivity contribution in [1.82, 2.24) is 4.98 Å². The third kappa shape index (κ3) is 3.58. The molecule has 0 amide bonds. The second-order valence-corrected chi connectivity index (χ2v) is 10.0. The van der Waals surface area contributed by atoms with E-state index in [-0.39, 0.29) is 23.2 Å². The summed E-state index contributed by atoms with van der Waals surface area (Å²) in [4.78, 5) is 30.1. The van der Waals surface area contributed by atoms with Crippen LogP contribution in [0.15, 0.2) is 128 Å². The van der Waals surface area contributed by atoms with Crippen LogP contribution in [0.5, 0.6) is 0 Å². The molecule has 0 saturated carbocycles. The third-order valence-corrected chi connectivity index (χ3v) is 7.70. The van der Waals surface area contributed by atoms with Gasteiger partial charge < -0.3 is 15.3 Å². The Kier molecular flexibility index (Phi) is 5.22. The Balaban J connectivity index is 0.00000256. The van der Waals surface area contributed by atoms with Crippen LogP contribution in [0, 0.1) is 0 Å². The van der Waals surface area contributed by atoms with Crippen LogP contribution in [0.1, 0.15) is 28.4 Å². The van der Waals surface area contributed by atoms with Gasteiger partial charge in [-0.2, -0.15) is 0 Å². The summed E-state index contributed by atoms with van der Waals surface area (Å²) in [7, 11) is 0. The fourth-order valence-electron chi connectivity index (χ4n) is 5.83. The van der Waals surface area contributed by atoms with E-state index < -0.39 is 0 Å². The topological polar surface area (TPSA) is 87.9 Å². The van der Waals surface area contributed by atoms with Crippen molar-refractivity contribution in [2.24, 2.45) is 25.0 Å². The number of amidine groups is 3. The zero-order chi connectivity index (χ0) is 26.2. The summed E-state index contributed by atoms with van der Waals surface area (Å²) < 4.78 is 0. The zero-order valence-corrected chi connectivity index (χ0v) is 22.3. The van der Waals surface area contributed by atoms with Gasteiger partial charge in [0.2, 0.25) is 0 Å². The first-order chi connectivity index (χ1) is 19.8. The maximum absolute atomic E-state index is 5.10. The molecule has 9 rings (SSSR count). The Morgan fingerprint density at radius 3 is 1.85 bits per heavy atom. The number of nitrogens with zero attached hydrogens (tertiary/aromatic N) is 6. The Morgan fingerprint density at radius 2 is 1.12 bits per heavy atom. The molecule has 1 unspecified atom stereocenters. The number of aliphatic imine (C=N–C) groups is 3. The van der Waals surface area contributed by atoms with Gasteiger partial charge in [0, 0.05) is 28.3 Å². The molecule has 3 aliphatic heterocycles. The van der Waals surface area contributed by atoms with Crippen molar-refractivity contribution in [3.8, 4) is 0 Å². The Hall–Kier alpha value is -5.04. The van der Waals surface area contributed by atoms with Gasteiger partial charge in [-0.3, -0.25) is 15.0 Å². The zero-order valence-electron chi connectivity index (χ0n) is 21.4. The summed E-state index contributed by atoms with van der Waals surface area (Å²) in [5.41, 5.74) is 3.94. The van der Waals surface area contributed by atoms with Crippen LogP contribution in [0.2, 0.25) is 0 Å². The molecule has 8 bridgehead atoms. The monoisotopic (exact) mass is 576 g/mol. The average molecular weight is 577 g/mol. The van der Waals surface area contributed by atoms with Gasteiger partial charge in [-0.05, 0) is 27.1 Å². The Morgan fingerprint density at radius 1 is 0.561 bits per heavy atom. The molecule has 8 heteroatoms. The molecule has 1 aromatic heterocycles.